The molecule has 1 aromatic heterocycles. The van der Waals surface area contributed by atoms with Gasteiger partial charge in [0.2, 0.25) is 0 Å². The molecular formula is C19H16FN3O4. The van der Waals surface area contributed by atoms with Crippen LogP contribution < -0.4 is 4.74 Å². The average molecular weight is 369 g/mol. The number of nitrogens with zero attached hydrogens (tertiary/aromatic N) is 3. The smallest absolute Gasteiger partial charge is 0.361 e. The van der Waals surface area contributed by atoms with E-state index >= 15 is 0 Å². The predicted octanol–water partition coefficient (Wildman–Crippen LogP) is 2.76. The van der Waals surface area contributed by atoms with Gasteiger partial charge in [0.1, 0.15) is 0 Å². The molecule has 0 bridgehead atoms. The van der Waals surface area contributed by atoms with Crippen LogP contribution in [0.15, 0.2) is 48.5 Å². The standard InChI is InChI=1S/C19H16FN3O4/c1-12-18(22-23(21-12)14-6-4-3-5-7-14)19(25)27-11-16(24)13-8-9-17(26-2)15(20)10-13/h3-10H,11H2,1-2H3. The molecule has 0 aliphatic heterocycles. The number of methoxy groups -OCH3 is 1. The lowest BCUT2D eigenvalue weighted by molar-refractivity contribution is 0.0467. The van der Waals surface area contributed by atoms with Crippen LogP contribution >= 0.6 is 0 Å². The van der Waals surface area contributed by atoms with E-state index in [9.17, 15) is 14.0 Å². The topological polar surface area (TPSA) is 83.3 Å². The SMILES string of the molecule is COc1ccc(C(=O)COC(=O)c2nn(-c3ccccc3)nc2C)cc1F. The summed E-state index contributed by atoms with van der Waals surface area (Å²) in [5.41, 5.74) is 1.13. The van der Waals surface area contributed by atoms with Crippen molar-refractivity contribution in [2.45, 2.75) is 6.92 Å². The summed E-state index contributed by atoms with van der Waals surface area (Å²) in [6.45, 7) is 1.08. The maximum atomic E-state index is 13.7. The number of Topliss-reactive ketones (excluding diaryl/α,β-unsaturated/α-hetero) is 1. The Morgan fingerprint density at radius 2 is 1.85 bits per heavy atom. The number of halogens is 1. The molecule has 0 spiro atoms. The number of carbonyl (C=O) groups excluding carboxylic acids is 2. The quantitative estimate of drug-likeness (QED) is 0.491. The summed E-state index contributed by atoms with van der Waals surface area (Å²) in [5.74, 6) is -1.97. The first-order valence-corrected chi connectivity index (χ1v) is 8.03. The van der Waals surface area contributed by atoms with Gasteiger partial charge in [-0.25, -0.2) is 9.18 Å². The third-order valence-corrected chi connectivity index (χ3v) is 3.77. The molecule has 0 unspecified atom stereocenters. The summed E-state index contributed by atoms with van der Waals surface area (Å²) in [6.07, 6.45) is 0. The zero-order valence-corrected chi connectivity index (χ0v) is 14.7. The van der Waals surface area contributed by atoms with E-state index in [4.69, 9.17) is 9.47 Å². The van der Waals surface area contributed by atoms with Crippen molar-refractivity contribution in [3.63, 3.8) is 0 Å². The highest BCUT2D eigenvalue weighted by Crippen LogP contribution is 2.18. The van der Waals surface area contributed by atoms with E-state index in [0.717, 1.165) is 6.07 Å². The molecule has 3 aromatic rings. The molecule has 3 rings (SSSR count). The summed E-state index contributed by atoms with van der Waals surface area (Å²) < 4.78 is 23.5. The van der Waals surface area contributed by atoms with Gasteiger partial charge in [-0.05, 0) is 37.3 Å². The summed E-state index contributed by atoms with van der Waals surface area (Å²) in [4.78, 5) is 25.7. The Morgan fingerprint density at radius 3 is 2.52 bits per heavy atom. The van der Waals surface area contributed by atoms with Crippen LogP contribution in [0.1, 0.15) is 26.5 Å². The molecule has 0 atom stereocenters. The molecule has 7 nitrogen and oxygen atoms in total. The molecule has 0 aliphatic carbocycles. The minimum atomic E-state index is -0.781. The maximum absolute atomic E-state index is 13.7. The highest BCUT2D eigenvalue weighted by Gasteiger charge is 2.20. The van der Waals surface area contributed by atoms with E-state index in [0.29, 0.717) is 11.4 Å². The van der Waals surface area contributed by atoms with Crippen molar-refractivity contribution >= 4 is 11.8 Å². The number of benzene rings is 2. The Balaban J connectivity index is 1.68. The van der Waals surface area contributed by atoms with Gasteiger partial charge in [0.15, 0.2) is 29.7 Å². The number of aromatic nitrogens is 3. The molecule has 27 heavy (non-hydrogen) atoms. The van der Waals surface area contributed by atoms with Gasteiger partial charge < -0.3 is 9.47 Å². The van der Waals surface area contributed by atoms with Gasteiger partial charge in [-0.15, -0.1) is 5.10 Å². The Hall–Kier alpha value is -3.55. The van der Waals surface area contributed by atoms with Gasteiger partial charge in [-0.2, -0.15) is 9.90 Å². The molecule has 2 aromatic carbocycles. The first-order valence-electron chi connectivity index (χ1n) is 8.03. The van der Waals surface area contributed by atoms with E-state index in [-0.39, 0.29) is 17.0 Å². The first kappa shape index (κ1) is 18.2. The highest BCUT2D eigenvalue weighted by molar-refractivity contribution is 5.99. The molecule has 0 N–H and O–H groups in total. The second-order valence-electron chi connectivity index (χ2n) is 5.61. The van der Waals surface area contributed by atoms with Crippen LogP contribution in [0.2, 0.25) is 0 Å². The third-order valence-electron chi connectivity index (χ3n) is 3.77. The van der Waals surface area contributed by atoms with Gasteiger partial charge >= 0.3 is 5.97 Å². The molecule has 138 valence electrons. The Morgan fingerprint density at radius 1 is 1.11 bits per heavy atom. The van der Waals surface area contributed by atoms with E-state index in [2.05, 4.69) is 10.2 Å². The Labute approximate surface area is 154 Å². The minimum absolute atomic E-state index is 0.00700. The predicted molar refractivity (Wildman–Crippen MR) is 93.7 cm³/mol. The fourth-order valence-electron chi connectivity index (χ4n) is 2.37. The first-order chi connectivity index (χ1) is 13.0. The lowest BCUT2D eigenvalue weighted by Gasteiger charge is -2.05. The van der Waals surface area contributed by atoms with Gasteiger partial charge in [0.05, 0.1) is 18.5 Å². The molecule has 0 amide bonds. The largest absolute Gasteiger partial charge is 0.494 e. The number of ketones is 1. The van der Waals surface area contributed by atoms with Crippen molar-refractivity contribution in [1.29, 1.82) is 0 Å². The lowest BCUT2D eigenvalue weighted by Crippen LogP contribution is -2.15. The third kappa shape index (κ3) is 4.00. The van der Waals surface area contributed by atoms with E-state index < -0.39 is 24.2 Å². The number of rotatable bonds is 6. The van der Waals surface area contributed by atoms with Crippen LogP contribution in [0.4, 0.5) is 4.39 Å². The second kappa shape index (κ2) is 7.77. The summed E-state index contributed by atoms with van der Waals surface area (Å²) in [7, 11) is 1.33. The number of hydrogen-bond acceptors (Lipinski definition) is 6. The van der Waals surface area contributed by atoms with Crippen LogP contribution in [0, 0.1) is 12.7 Å². The summed E-state index contributed by atoms with van der Waals surface area (Å²) in [6, 6.07) is 12.8. The van der Waals surface area contributed by atoms with Gasteiger partial charge in [0, 0.05) is 5.56 Å². The van der Waals surface area contributed by atoms with Crippen LogP contribution in [-0.4, -0.2) is 40.5 Å². The van der Waals surface area contributed by atoms with E-state index in [1.54, 1.807) is 19.1 Å². The molecule has 0 saturated carbocycles. The van der Waals surface area contributed by atoms with Gasteiger partial charge in [-0.3, -0.25) is 4.79 Å². The van der Waals surface area contributed by atoms with Gasteiger partial charge in [-0.1, -0.05) is 18.2 Å². The van der Waals surface area contributed by atoms with Crippen molar-refractivity contribution in [2.75, 3.05) is 13.7 Å². The number of hydrogen-bond donors (Lipinski definition) is 0. The van der Waals surface area contributed by atoms with Crippen LogP contribution in [0.3, 0.4) is 0 Å². The van der Waals surface area contributed by atoms with E-state index in [1.165, 1.54) is 24.0 Å². The zero-order valence-electron chi connectivity index (χ0n) is 14.7. The molecule has 8 heteroatoms. The van der Waals surface area contributed by atoms with Crippen molar-refractivity contribution in [2.24, 2.45) is 0 Å². The lowest BCUT2D eigenvalue weighted by atomic mass is 10.1. The number of ether oxygens (including phenoxy) is 2. The number of esters is 1. The average Bonchev–Trinajstić information content (AvgIpc) is 3.08. The number of aryl methyl sites for hydroxylation is 1. The van der Waals surface area contributed by atoms with Crippen LogP contribution in [-0.2, 0) is 4.74 Å². The summed E-state index contributed by atoms with van der Waals surface area (Å²) >= 11 is 0. The van der Waals surface area contributed by atoms with Crippen molar-refractivity contribution in [3.8, 4) is 11.4 Å². The van der Waals surface area contributed by atoms with Crippen LogP contribution in [0.25, 0.3) is 5.69 Å². The normalized spacial score (nSPS) is 10.5. The molecule has 0 fully saturated rings. The second-order valence-corrected chi connectivity index (χ2v) is 5.61. The van der Waals surface area contributed by atoms with Crippen molar-refractivity contribution in [1.82, 2.24) is 15.0 Å². The molecular weight excluding hydrogens is 353 g/mol. The van der Waals surface area contributed by atoms with Gasteiger partial charge in [0.25, 0.3) is 0 Å². The maximum Gasteiger partial charge on any atom is 0.361 e. The Bertz CT molecular complexity index is 986. The number of carbonyl (C=O) groups is 2. The minimum Gasteiger partial charge on any atom is -0.494 e. The molecule has 0 saturated heterocycles. The monoisotopic (exact) mass is 369 g/mol. The fraction of sp³-hybridized carbons (Fsp3) is 0.158. The molecule has 1 heterocycles. The highest BCUT2D eigenvalue weighted by atomic mass is 19.1. The molecule has 0 aliphatic rings. The zero-order chi connectivity index (χ0) is 19.4. The fourth-order valence-corrected chi connectivity index (χ4v) is 2.37. The number of para-hydroxylation sites is 1. The van der Waals surface area contributed by atoms with Crippen molar-refractivity contribution < 1.29 is 23.5 Å². The molecule has 0 radical (unpaired) electrons. The van der Waals surface area contributed by atoms with Crippen LogP contribution in [0.5, 0.6) is 5.75 Å². The Kier molecular flexibility index (Phi) is 5.25. The van der Waals surface area contributed by atoms with E-state index in [1.807, 2.05) is 18.2 Å². The van der Waals surface area contributed by atoms with Crippen molar-refractivity contribution in [3.05, 3.63) is 71.3 Å². The summed E-state index contributed by atoms with van der Waals surface area (Å²) in [5, 5.41) is 8.28.